The van der Waals surface area contributed by atoms with Crippen molar-refractivity contribution < 1.29 is 9.47 Å². The van der Waals surface area contributed by atoms with Crippen LogP contribution in [0.5, 0.6) is 5.75 Å². The molecule has 1 aromatic carbocycles. The molecule has 1 aliphatic heterocycles. The van der Waals surface area contributed by atoms with Crippen LogP contribution in [0.1, 0.15) is 43.7 Å². The first-order chi connectivity index (χ1) is 10.1. The number of benzene rings is 1. The molecule has 0 radical (unpaired) electrons. The SMILES string of the molecule is CC1CCCC(N(C)Cc2cc(N)cc3c2OCOC3)C1. The Morgan fingerprint density at radius 2 is 2.19 bits per heavy atom. The van der Waals surface area contributed by atoms with Gasteiger partial charge in [0.1, 0.15) is 5.75 Å². The van der Waals surface area contributed by atoms with Crippen LogP contribution < -0.4 is 10.5 Å². The maximum absolute atomic E-state index is 6.03. The minimum atomic E-state index is 0.341. The van der Waals surface area contributed by atoms with Gasteiger partial charge in [-0.15, -0.1) is 0 Å². The van der Waals surface area contributed by atoms with Crippen molar-refractivity contribution in [3.8, 4) is 5.75 Å². The van der Waals surface area contributed by atoms with Crippen molar-refractivity contribution in [3.05, 3.63) is 23.3 Å². The molecule has 2 aliphatic rings. The molecule has 0 saturated heterocycles. The van der Waals surface area contributed by atoms with Gasteiger partial charge in [0, 0.05) is 29.4 Å². The topological polar surface area (TPSA) is 47.7 Å². The number of fused-ring (bicyclic) bond motifs is 1. The summed E-state index contributed by atoms with van der Waals surface area (Å²) in [5, 5.41) is 0. The predicted molar refractivity (Wildman–Crippen MR) is 84.0 cm³/mol. The largest absolute Gasteiger partial charge is 0.467 e. The van der Waals surface area contributed by atoms with Gasteiger partial charge >= 0.3 is 0 Å². The van der Waals surface area contributed by atoms with E-state index < -0.39 is 0 Å². The van der Waals surface area contributed by atoms with Gasteiger partial charge < -0.3 is 15.2 Å². The molecular formula is C17H26N2O2. The smallest absolute Gasteiger partial charge is 0.189 e. The molecule has 4 heteroatoms. The summed E-state index contributed by atoms with van der Waals surface area (Å²) >= 11 is 0. The Morgan fingerprint density at radius 3 is 3.00 bits per heavy atom. The third-order valence-corrected chi connectivity index (χ3v) is 4.76. The zero-order valence-corrected chi connectivity index (χ0v) is 13.1. The van der Waals surface area contributed by atoms with Crippen molar-refractivity contribution in [2.75, 3.05) is 19.6 Å². The highest BCUT2D eigenvalue weighted by Gasteiger charge is 2.24. The van der Waals surface area contributed by atoms with E-state index in [-0.39, 0.29) is 0 Å². The van der Waals surface area contributed by atoms with Crippen molar-refractivity contribution in [3.63, 3.8) is 0 Å². The first kappa shape index (κ1) is 14.7. The van der Waals surface area contributed by atoms with Gasteiger partial charge in [0.25, 0.3) is 0 Å². The number of nitrogens with zero attached hydrogens (tertiary/aromatic N) is 1. The van der Waals surface area contributed by atoms with E-state index in [4.69, 9.17) is 15.2 Å². The molecule has 2 N–H and O–H groups in total. The van der Waals surface area contributed by atoms with E-state index in [9.17, 15) is 0 Å². The first-order valence-electron chi connectivity index (χ1n) is 7.95. The Balaban J connectivity index is 1.76. The van der Waals surface area contributed by atoms with Crippen molar-refractivity contribution in [2.24, 2.45) is 5.92 Å². The number of anilines is 1. The molecule has 1 heterocycles. The van der Waals surface area contributed by atoms with Gasteiger partial charge in [-0.25, -0.2) is 0 Å². The average molecular weight is 290 g/mol. The molecule has 1 aliphatic carbocycles. The second kappa shape index (κ2) is 6.24. The Bertz CT molecular complexity index is 504. The first-order valence-corrected chi connectivity index (χ1v) is 7.95. The normalized spacial score (nSPS) is 25.5. The van der Waals surface area contributed by atoms with E-state index >= 15 is 0 Å². The Kier molecular flexibility index (Phi) is 4.36. The van der Waals surface area contributed by atoms with Crippen LogP contribution in [0.4, 0.5) is 5.69 Å². The van der Waals surface area contributed by atoms with Crippen LogP contribution in [-0.4, -0.2) is 24.8 Å². The lowest BCUT2D eigenvalue weighted by Crippen LogP contribution is -2.35. The minimum absolute atomic E-state index is 0.341. The van der Waals surface area contributed by atoms with E-state index in [1.54, 1.807) is 0 Å². The fraction of sp³-hybridized carbons (Fsp3) is 0.647. The molecule has 0 spiro atoms. The number of rotatable bonds is 3. The number of hydrogen-bond donors (Lipinski definition) is 1. The summed E-state index contributed by atoms with van der Waals surface area (Å²) in [7, 11) is 2.22. The number of ether oxygens (including phenoxy) is 2. The van der Waals surface area contributed by atoms with Gasteiger partial charge in [0.2, 0.25) is 0 Å². The van der Waals surface area contributed by atoms with Crippen molar-refractivity contribution in [1.82, 2.24) is 4.90 Å². The lowest BCUT2D eigenvalue weighted by atomic mass is 9.86. The van der Waals surface area contributed by atoms with Crippen LogP contribution in [0, 0.1) is 5.92 Å². The summed E-state index contributed by atoms with van der Waals surface area (Å²) in [6.07, 6.45) is 5.31. The van der Waals surface area contributed by atoms with Crippen molar-refractivity contribution in [2.45, 2.75) is 51.8 Å². The van der Waals surface area contributed by atoms with E-state index in [0.29, 0.717) is 19.4 Å². The Hall–Kier alpha value is -1.26. The predicted octanol–water partition coefficient (Wildman–Crippen LogP) is 3.15. The zero-order chi connectivity index (χ0) is 14.8. The average Bonchev–Trinajstić information content (AvgIpc) is 2.47. The second-order valence-corrected chi connectivity index (χ2v) is 6.62. The van der Waals surface area contributed by atoms with Crippen LogP contribution in [-0.2, 0) is 17.9 Å². The van der Waals surface area contributed by atoms with Crippen LogP contribution in [0.15, 0.2) is 12.1 Å². The van der Waals surface area contributed by atoms with Crippen molar-refractivity contribution in [1.29, 1.82) is 0 Å². The minimum Gasteiger partial charge on any atom is -0.467 e. The fourth-order valence-electron chi connectivity index (χ4n) is 3.64. The van der Waals surface area contributed by atoms with E-state index in [1.165, 1.54) is 31.2 Å². The van der Waals surface area contributed by atoms with Gasteiger partial charge in [-0.2, -0.15) is 0 Å². The summed E-state index contributed by atoms with van der Waals surface area (Å²) in [6.45, 7) is 4.19. The summed E-state index contributed by atoms with van der Waals surface area (Å²) < 4.78 is 11.1. The Morgan fingerprint density at radius 1 is 1.33 bits per heavy atom. The Labute approximate surface area is 127 Å². The maximum Gasteiger partial charge on any atom is 0.189 e. The lowest BCUT2D eigenvalue weighted by Gasteiger charge is -2.35. The quantitative estimate of drug-likeness (QED) is 0.869. The molecule has 0 aromatic heterocycles. The van der Waals surface area contributed by atoms with Crippen LogP contribution >= 0.6 is 0 Å². The third kappa shape index (κ3) is 3.33. The molecule has 21 heavy (non-hydrogen) atoms. The fourth-order valence-corrected chi connectivity index (χ4v) is 3.64. The van der Waals surface area contributed by atoms with Crippen LogP contribution in [0.3, 0.4) is 0 Å². The van der Waals surface area contributed by atoms with Crippen LogP contribution in [0.25, 0.3) is 0 Å². The number of hydrogen-bond acceptors (Lipinski definition) is 4. The highest BCUT2D eigenvalue weighted by Crippen LogP contribution is 2.33. The van der Waals surface area contributed by atoms with E-state index in [2.05, 4.69) is 18.9 Å². The summed E-state index contributed by atoms with van der Waals surface area (Å²) in [5.41, 5.74) is 9.08. The highest BCUT2D eigenvalue weighted by molar-refractivity contribution is 5.53. The summed E-state index contributed by atoms with van der Waals surface area (Å²) in [6, 6.07) is 4.68. The maximum atomic E-state index is 6.03. The highest BCUT2D eigenvalue weighted by atomic mass is 16.7. The van der Waals surface area contributed by atoms with Gasteiger partial charge in [-0.1, -0.05) is 19.8 Å². The van der Waals surface area contributed by atoms with Gasteiger partial charge in [-0.3, -0.25) is 4.90 Å². The second-order valence-electron chi connectivity index (χ2n) is 6.62. The molecule has 1 aromatic rings. The molecular weight excluding hydrogens is 264 g/mol. The third-order valence-electron chi connectivity index (χ3n) is 4.76. The number of nitrogens with two attached hydrogens (primary N) is 1. The molecule has 2 atom stereocenters. The van der Waals surface area contributed by atoms with E-state index in [1.807, 2.05) is 12.1 Å². The van der Waals surface area contributed by atoms with Crippen LogP contribution in [0.2, 0.25) is 0 Å². The summed E-state index contributed by atoms with van der Waals surface area (Å²) in [4.78, 5) is 2.46. The van der Waals surface area contributed by atoms with Gasteiger partial charge in [-0.05, 0) is 37.9 Å². The molecule has 4 nitrogen and oxygen atoms in total. The standard InChI is InChI=1S/C17H26N2O2/c1-12-4-3-5-16(6-12)19(2)9-13-7-15(18)8-14-10-20-11-21-17(13)14/h7-8,12,16H,3-6,9-11,18H2,1-2H3. The monoisotopic (exact) mass is 290 g/mol. The van der Waals surface area contributed by atoms with E-state index in [0.717, 1.165) is 29.5 Å². The van der Waals surface area contributed by atoms with Gasteiger partial charge in [0.15, 0.2) is 6.79 Å². The summed E-state index contributed by atoms with van der Waals surface area (Å²) in [5.74, 6) is 1.82. The van der Waals surface area contributed by atoms with Gasteiger partial charge in [0.05, 0.1) is 6.61 Å². The molecule has 0 amide bonds. The molecule has 1 fully saturated rings. The molecule has 1 saturated carbocycles. The molecule has 116 valence electrons. The van der Waals surface area contributed by atoms with Crippen molar-refractivity contribution >= 4 is 5.69 Å². The lowest BCUT2D eigenvalue weighted by molar-refractivity contribution is -0.0175. The molecule has 0 bridgehead atoms. The zero-order valence-electron chi connectivity index (χ0n) is 13.1. The molecule has 3 rings (SSSR count). The number of nitrogen functional groups attached to an aromatic ring is 1. The molecule has 2 unspecified atom stereocenters.